The van der Waals surface area contributed by atoms with Crippen LogP contribution in [-0.4, -0.2) is 41.3 Å². The quantitative estimate of drug-likeness (QED) is 0.644. The van der Waals surface area contributed by atoms with Crippen molar-refractivity contribution in [3.05, 3.63) is 0 Å². The number of nitrogens with one attached hydrogen (secondary N) is 1. The fourth-order valence-electron chi connectivity index (χ4n) is 3.22. The molecule has 2 rings (SSSR count). The second-order valence-corrected chi connectivity index (χ2v) is 5.81. The first-order chi connectivity index (χ1) is 8.23. The molecule has 4 atom stereocenters. The zero-order valence-electron chi connectivity index (χ0n) is 10.9. The number of carbonyl (C=O) groups excluding carboxylic acids is 1. The van der Waals surface area contributed by atoms with Gasteiger partial charge in [0.05, 0.1) is 6.10 Å². The Labute approximate surface area is 106 Å². The average molecular weight is 256 g/mol. The summed E-state index contributed by atoms with van der Waals surface area (Å²) in [6, 6.07) is -0.935. The number of aliphatic carboxylic acids is 1. The van der Waals surface area contributed by atoms with E-state index in [1.54, 1.807) is 0 Å². The molecule has 1 saturated carbocycles. The maximum atomic E-state index is 12.3. The van der Waals surface area contributed by atoms with Crippen molar-refractivity contribution in [3.63, 3.8) is 0 Å². The predicted molar refractivity (Wildman–Crippen MR) is 63.8 cm³/mol. The van der Waals surface area contributed by atoms with Crippen LogP contribution in [0.4, 0.5) is 0 Å². The molecule has 1 heterocycles. The van der Waals surface area contributed by atoms with Gasteiger partial charge in [-0.15, -0.1) is 0 Å². The Morgan fingerprint density at radius 2 is 2.11 bits per heavy atom. The molecule has 6 nitrogen and oxygen atoms in total. The summed E-state index contributed by atoms with van der Waals surface area (Å²) in [5.74, 6) is -1.48. The van der Waals surface area contributed by atoms with Gasteiger partial charge in [-0.05, 0) is 13.3 Å². The van der Waals surface area contributed by atoms with Crippen LogP contribution < -0.4 is 11.1 Å². The van der Waals surface area contributed by atoms with E-state index >= 15 is 0 Å². The van der Waals surface area contributed by atoms with Crippen LogP contribution in [0.25, 0.3) is 0 Å². The molecular weight excluding hydrogens is 236 g/mol. The summed E-state index contributed by atoms with van der Waals surface area (Å²) in [5, 5.41) is 11.3. The molecule has 1 aliphatic heterocycles. The Balaban J connectivity index is 2.16. The van der Waals surface area contributed by atoms with Gasteiger partial charge in [0.1, 0.15) is 11.6 Å². The van der Waals surface area contributed by atoms with Crippen molar-refractivity contribution >= 4 is 11.9 Å². The third kappa shape index (κ3) is 1.48. The molecular formula is C12H20N2O4. The van der Waals surface area contributed by atoms with Gasteiger partial charge in [0, 0.05) is 17.9 Å². The van der Waals surface area contributed by atoms with Gasteiger partial charge < -0.3 is 20.9 Å². The fourth-order valence-corrected chi connectivity index (χ4v) is 3.22. The maximum Gasteiger partial charge on any atom is 0.325 e. The first kappa shape index (κ1) is 13.3. The first-order valence-electron chi connectivity index (χ1n) is 6.17. The number of carbonyl (C=O) groups is 2. The zero-order chi connectivity index (χ0) is 13.7. The number of amides is 1. The smallest absolute Gasteiger partial charge is 0.325 e. The van der Waals surface area contributed by atoms with Gasteiger partial charge in [-0.25, -0.2) is 0 Å². The van der Waals surface area contributed by atoms with Gasteiger partial charge >= 0.3 is 5.97 Å². The lowest BCUT2D eigenvalue weighted by atomic mass is 9.48. The van der Waals surface area contributed by atoms with E-state index in [0.29, 0.717) is 6.61 Å². The van der Waals surface area contributed by atoms with Crippen molar-refractivity contribution < 1.29 is 19.4 Å². The van der Waals surface area contributed by atoms with E-state index in [4.69, 9.17) is 15.6 Å². The summed E-state index contributed by atoms with van der Waals surface area (Å²) in [6.45, 7) is 5.83. The van der Waals surface area contributed by atoms with Crippen LogP contribution >= 0.6 is 0 Å². The summed E-state index contributed by atoms with van der Waals surface area (Å²) in [6.07, 6.45) is 0.743. The topological polar surface area (TPSA) is 102 Å². The summed E-state index contributed by atoms with van der Waals surface area (Å²) in [4.78, 5) is 23.0. The third-order valence-corrected chi connectivity index (χ3v) is 4.55. The molecule has 0 spiro atoms. The van der Waals surface area contributed by atoms with Crippen LogP contribution in [0.5, 0.6) is 0 Å². The molecule has 1 aliphatic carbocycles. The number of hydrogen-bond donors (Lipinski definition) is 3. The van der Waals surface area contributed by atoms with E-state index in [1.165, 1.54) is 6.92 Å². The molecule has 18 heavy (non-hydrogen) atoms. The third-order valence-electron chi connectivity index (χ3n) is 4.55. The molecule has 4 unspecified atom stereocenters. The van der Waals surface area contributed by atoms with Gasteiger partial charge in [-0.1, -0.05) is 13.8 Å². The Morgan fingerprint density at radius 3 is 2.67 bits per heavy atom. The van der Waals surface area contributed by atoms with Crippen molar-refractivity contribution in [2.75, 3.05) is 6.61 Å². The van der Waals surface area contributed by atoms with Crippen LogP contribution in [0, 0.1) is 11.3 Å². The van der Waals surface area contributed by atoms with Gasteiger partial charge in [-0.3, -0.25) is 9.59 Å². The molecule has 0 aromatic heterocycles. The zero-order valence-corrected chi connectivity index (χ0v) is 10.9. The maximum absolute atomic E-state index is 12.3. The number of carboxylic acids is 1. The highest BCUT2D eigenvalue weighted by molar-refractivity contribution is 5.92. The molecule has 0 radical (unpaired) electrons. The van der Waals surface area contributed by atoms with Crippen molar-refractivity contribution in [1.82, 2.24) is 5.32 Å². The van der Waals surface area contributed by atoms with Crippen LogP contribution in [0.1, 0.15) is 27.2 Å². The molecule has 0 bridgehead atoms. The Hall–Kier alpha value is -1.14. The lowest BCUT2D eigenvalue weighted by Gasteiger charge is -2.60. The number of rotatable bonds is 3. The van der Waals surface area contributed by atoms with Crippen molar-refractivity contribution in [1.29, 1.82) is 0 Å². The monoisotopic (exact) mass is 256 g/mol. The molecule has 6 heteroatoms. The summed E-state index contributed by atoms with van der Waals surface area (Å²) >= 11 is 0. The molecule has 0 aromatic carbocycles. The number of hydrogen-bond acceptors (Lipinski definition) is 4. The largest absolute Gasteiger partial charge is 0.480 e. The SMILES string of the molecule is CC(NC(=O)C1(N)C2CCOC2C1(C)C)C(=O)O. The van der Waals surface area contributed by atoms with Crippen LogP contribution in [0.15, 0.2) is 0 Å². The first-order valence-corrected chi connectivity index (χ1v) is 6.17. The molecule has 2 fully saturated rings. The van der Waals surface area contributed by atoms with E-state index in [0.717, 1.165) is 6.42 Å². The summed E-state index contributed by atoms with van der Waals surface area (Å²) in [5.41, 5.74) is 4.75. The normalized spacial score (nSPS) is 38.4. The molecule has 1 amide bonds. The average Bonchev–Trinajstić information content (AvgIpc) is 2.75. The minimum atomic E-state index is -1.07. The number of ether oxygens (including phenoxy) is 1. The van der Waals surface area contributed by atoms with E-state index in [2.05, 4.69) is 5.32 Å². The summed E-state index contributed by atoms with van der Waals surface area (Å²) < 4.78 is 5.59. The Bertz CT molecular complexity index is 396. The Kier molecular flexibility index (Phi) is 2.90. The second-order valence-electron chi connectivity index (χ2n) is 5.81. The Morgan fingerprint density at radius 1 is 1.50 bits per heavy atom. The highest BCUT2D eigenvalue weighted by atomic mass is 16.5. The fraction of sp³-hybridized carbons (Fsp3) is 0.833. The van der Waals surface area contributed by atoms with Crippen LogP contribution in [0.2, 0.25) is 0 Å². The number of carboxylic acid groups (broad SMARTS) is 1. The molecule has 0 aromatic rings. The highest BCUT2D eigenvalue weighted by Gasteiger charge is 2.71. The standard InChI is InChI=1S/C12H20N2O4/c1-6(9(15)16)14-10(17)12(13)7-4-5-18-8(7)11(12,2)3/h6-8H,4-5,13H2,1-3H3,(H,14,17)(H,15,16). The number of fused-ring (bicyclic) bond motifs is 1. The molecule has 4 N–H and O–H groups in total. The van der Waals surface area contributed by atoms with Crippen molar-refractivity contribution in [3.8, 4) is 0 Å². The summed E-state index contributed by atoms with van der Waals surface area (Å²) in [7, 11) is 0. The van der Waals surface area contributed by atoms with Gasteiger partial charge in [0.15, 0.2) is 0 Å². The minimum absolute atomic E-state index is 0.00613. The predicted octanol–water partition coefficient (Wildman–Crippen LogP) is -0.282. The molecule has 2 aliphatic rings. The van der Waals surface area contributed by atoms with E-state index in [9.17, 15) is 9.59 Å². The van der Waals surface area contributed by atoms with E-state index < -0.39 is 28.9 Å². The van der Waals surface area contributed by atoms with E-state index in [-0.39, 0.29) is 12.0 Å². The van der Waals surface area contributed by atoms with Crippen LogP contribution in [-0.2, 0) is 14.3 Å². The van der Waals surface area contributed by atoms with E-state index in [1.807, 2.05) is 13.8 Å². The van der Waals surface area contributed by atoms with Gasteiger partial charge in [0.25, 0.3) is 0 Å². The van der Waals surface area contributed by atoms with Gasteiger partial charge in [0.2, 0.25) is 5.91 Å². The minimum Gasteiger partial charge on any atom is -0.480 e. The molecule has 102 valence electrons. The lowest BCUT2D eigenvalue weighted by Crippen LogP contribution is -2.80. The highest BCUT2D eigenvalue weighted by Crippen LogP contribution is 2.58. The lowest BCUT2D eigenvalue weighted by molar-refractivity contribution is -0.176. The molecule has 1 saturated heterocycles. The van der Waals surface area contributed by atoms with Crippen molar-refractivity contribution in [2.24, 2.45) is 17.1 Å². The van der Waals surface area contributed by atoms with Crippen LogP contribution in [0.3, 0.4) is 0 Å². The number of nitrogens with two attached hydrogens (primary N) is 1. The second kappa shape index (κ2) is 3.93. The van der Waals surface area contributed by atoms with Gasteiger partial charge in [-0.2, -0.15) is 0 Å². The van der Waals surface area contributed by atoms with Crippen molar-refractivity contribution in [2.45, 2.75) is 44.9 Å².